The average molecular weight is 218 g/mol. The molecule has 0 N–H and O–H groups in total. The number of esters is 1. The maximum Gasteiger partial charge on any atom is 0.310 e. The molecule has 1 saturated heterocycles. The fourth-order valence-electron chi connectivity index (χ4n) is 2.13. The van der Waals surface area contributed by atoms with Crippen molar-refractivity contribution < 1.29 is 14.3 Å². The van der Waals surface area contributed by atoms with E-state index in [0.717, 1.165) is 11.8 Å². The van der Waals surface area contributed by atoms with Gasteiger partial charge in [0.2, 0.25) is 0 Å². The number of benzene rings is 1. The van der Waals surface area contributed by atoms with Crippen molar-refractivity contribution in [1.29, 1.82) is 0 Å². The van der Waals surface area contributed by atoms with Gasteiger partial charge in [0.05, 0.1) is 11.8 Å². The van der Waals surface area contributed by atoms with Gasteiger partial charge in [0.25, 0.3) is 0 Å². The van der Waals surface area contributed by atoms with E-state index in [1.54, 1.807) is 6.92 Å². The third-order valence-corrected chi connectivity index (χ3v) is 3.07. The molecule has 1 aliphatic heterocycles. The minimum absolute atomic E-state index is 0.256. The van der Waals surface area contributed by atoms with Gasteiger partial charge in [-0.1, -0.05) is 30.3 Å². The van der Waals surface area contributed by atoms with Crippen LogP contribution in [-0.4, -0.2) is 18.4 Å². The third kappa shape index (κ3) is 1.98. The summed E-state index contributed by atoms with van der Waals surface area (Å²) in [5.41, 5.74) is 1.06. The van der Waals surface area contributed by atoms with Crippen LogP contribution in [0.2, 0.25) is 0 Å². The molecule has 84 valence electrons. The van der Waals surface area contributed by atoms with Crippen molar-refractivity contribution >= 4 is 12.3 Å². The number of ether oxygens (including phenoxy) is 1. The SMILES string of the molecule is C[C@@H]1OC(=O)[C@H](Cc2ccccc2)[C@H]1C=O. The largest absolute Gasteiger partial charge is 0.462 e. The van der Waals surface area contributed by atoms with Gasteiger partial charge in [0, 0.05) is 0 Å². The average Bonchev–Trinajstić information content (AvgIpc) is 2.55. The fourth-order valence-corrected chi connectivity index (χ4v) is 2.13. The van der Waals surface area contributed by atoms with E-state index >= 15 is 0 Å². The second kappa shape index (κ2) is 4.47. The van der Waals surface area contributed by atoms with E-state index in [-0.39, 0.29) is 23.9 Å². The Hall–Kier alpha value is -1.64. The molecule has 3 atom stereocenters. The molecule has 2 rings (SSSR count). The smallest absolute Gasteiger partial charge is 0.310 e. The zero-order valence-electron chi connectivity index (χ0n) is 9.13. The first-order valence-electron chi connectivity index (χ1n) is 5.42. The van der Waals surface area contributed by atoms with Crippen LogP contribution >= 0.6 is 0 Å². The van der Waals surface area contributed by atoms with E-state index < -0.39 is 0 Å². The van der Waals surface area contributed by atoms with E-state index in [2.05, 4.69) is 0 Å². The standard InChI is InChI=1S/C13H14O3/c1-9-12(8-14)11(13(15)16-9)7-10-5-3-2-4-6-10/h2-6,8-9,11-12H,7H2,1H3/t9-,11+,12-/m0/s1. The number of rotatable bonds is 3. The topological polar surface area (TPSA) is 43.4 Å². The molecule has 1 fully saturated rings. The molecule has 0 spiro atoms. The highest BCUT2D eigenvalue weighted by molar-refractivity contribution is 5.80. The van der Waals surface area contributed by atoms with Gasteiger partial charge in [-0.2, -0.15) is 0 Å². The highest BCUT2D eigenvalue weighted by Crippen LogP contribution is 2.29. The summed E-state index contributed by atoms with van der Waals surface area (Å²) in [6, 6.07) is 9.69. The van der Waals surface area contributed by atoms with E-state index in [0.29, 0.717) is 6.42 Å². The molecule has 0 bridgehead atoms. The number of aldehydes is 1. The molecule has 0 radical (unpaired) electrons. The molecule has 3 nitrogen and oxygen atoms in total. The second-order valence-electron chi connectivity index (χ2n) is 4.15. The van der Waals surface area contributed by atoms with Gasteiger partial charge < -0.3 is 9.53 Å². The summed E-state index contributed by atoms with van der Waals surface area (Å²) >= 11 is 0. The van der Waals surface area contributed by atoms with Crippen LogP contribution < -0.4 is 0 Å². The zero-order chi connectivity index (χ0) is 11.5. The highest BCUT2D eigenvalue weighted by atomic mass is 16.6. The molecule has 0 amide bonds. The number of carbonyl (C=O) groups excluding carboxylic acids is 2. The van der Waals surface area contributed by atoms with Crippen LogP contribution in [0.4, 0.5) is 0 Å². The van der Waals surface area contributed by atoms with Crippen LogP contribution in [0, 0.1) is 11.8 Å². The second-order valence-corrected chi connectivity index (χ2v) is 4.15. The number of hydrogen-bond acceptors (Lipinski definition) is 3. The molecular weight excluding hydrogens is 204 g/mol. The maximum absolute atomic E-state index is 11.6. The lowest BCUT2D eigenvalue weighted by atomic mass is 9.87. The van der Waals surface area contributed by atoms with E-state index in [1.165, 1.54) is 0 Å². The molecule has 3 heteroatoms. The van der Waals surface area contributed by atoms with E-state index in [4.69, 9.17) is 4.74 Å². The minimum atomic E-state index is -0.324. The first-order valence-corrected chi connectivity index (χ1v) is 5.42. The van der Waals surface area contributed by atoms with Crippen LogP contribution in [-0.2, 0) is 20.7 Å². The lowest BCUT2D eigenvalue weighted by molar-refractivity contribution is -0.143. The molecule has 1 heterocycles. The quantitative estimate of drug-likeness (QED) is 0.571. The Bertz CT molecular complexity index is 385. The maximum atomic E-state index is 11.6. The predicted molar refractivity (Wildman–Crippen MR) is 58.7 cm³/mol. The van der Waals surface area contributed by atoms with E-state index in [9.17, 15) is 9.59 Å². The Morgan fingerprint density at radius 3 is 2.62 bits per heavy atom. The molecule has 1 aliphatic rings. The Kier molecular flexibility index (Phi) is 3.04. The number of hydrogen-bond donors (Lipinski definition) is 0. The van der Waals surface area contributed by atoms with Gasteiger partial charge in [-0.15, -0.1) is 0 Å². The van der Waals surface area contributed by atoms with Crippen LogP contribution in [0.5, 0.6) is 0 Å². The van der Waals surface area contributed by atoms with Crippen LogP contribution in [0.25, 0.3) is 0 Å². The van der Waals surface area contributed by atoms with Gasteiger partial charge in [0.15, 0.2) is 0 Å². The van der Waals surface area contributed by atoms with Crippen molar-refractivity contribution in [2.24, 2.45) is 11.8 Å². The highest BCUT2D eigenvalue weighted by Gasteiger charge is 2.41. The Labute approximate surface area is 94.4 Å². The first-order chi connectivity index (χ1) is 7.72. The molecule has 1 aromatic rings. The lowest BCUT2D eigenvalue weighted by Crippen LogP contribution is -2.22. The minimum Gasteiger partial charge on any atom is -0.462 e. The molecule has 0 aromatic heterocycles. The monoisotopic (exact) mass is 218 g/mol. The first kappa shape index (κ1) is 10.9. The summed E-state index contributed by atoms with van der Waals surface area (Å²) in [4.78, 5) is 22.5. The molecule has 16 heavy (non-hydrogen) atoms. The summed E-state index contributed by atoms with van der Waals surface area (Å²) in [5, 5.41) is 0. The van der Waals surface area contributed by atoms with Gasteiger partial charge in [0.1, 0.15) is 12.4 Å². The number of carbonyl (C=O) groups is 2. The van der Waals surface area contributed by atoms with Gasteiger partial charge in [-0.25, -0.2) is 0 Å². The van der Waals surface area contributed by atoms with Crippen molar-refractivity contribution in [3.8, 4) is 0 Å². The fraction of sp³-hybridized carbons (Fsp3) is 0.385. The van der Waals surface area contributed by atoms with Crippen molar-refractivity contribution in [1.82, 2.24) is 0 Å². The Morgan fingerprint density at radius 1 is 1.31 bits per heavy atom. The van der Waals surface area contributed by atoms with Crippen molar-refractivity contribution in [3.05, 3.63) is 35.9 Å². The summed E-state index contributed by atoms with van der Waals surface area (Å²) in [5.74, 6) is -0.893. The normalized spacial score (nSPS) is 28.8. The van der Waals surface area contributed by atoms with Gasteiger partial charge >= 0.3 is 5.97 Å². The summed E-state index contributed by atoms with van der Waals surface area (Å²) < 4.78 is 5.08. The van der Waals surface area contributed by atoms with Crippen molar-refractivity contribution in [2.45, 2.75) is 19.4 Å². The third-order valence-electron chi connectivity index (χ3n) is 3.07. The summed E-state index contributed by atoms with van der Waals surface area (Å²) in [7, 11) is 0. The van der Waals surface area contributed by atoms with Crippen LogP contribution in [0.3, 0.4) is 0 Å². The Morgan fingerprint density at radius 2 is 2.00 bits per heavy atom. The molecule has 0 unspecified atom stereocenters. The summed E-state index contributed by atoms with van der Waals surface area (Å²) in [6.07, 6.45) is 1.12. The Balaban J connectivity index is 2.14. The van der Waals surface area contributed by atoms with Crippen LogP contribution in [0.1, 0.15) is 12.5 Å². The van der Waals surface area contributed by atoms with Crippen LogP contribution in [0.15, 0.2) is 30.3 Å². The molecular formula is C13H14O3. The molecule has 1 aromatic carbocycles. The molecule has 0 saturated carbocycles. The lowest BCUT2D eigenvalue weighted by Gasteiger charge is -2.11. The van der Waals surface area contributed by atoms with E-state index in [1.807, 2.05) is 30.3 Å². The number of cyclic esters (lactones) is 1. The summed E-state index contributed by atoms with van der Waals surface area (Å²) in [6.45, 7) is 1.77. The van der Waals surface area contributed by atoms with Gasteiger partial charge in [-0.05, 0) is 18.9 Å². The van der Waals surface area contributed by atoms with Crippen molar-refractivity contribution in [2.75, 3.05) is 0 Å². The molecule has 0 aliphatic carbocycles. The predicted octanol–water partition coefficient (Wildman–Crippen LogP) is 1.61. The van der Waals surface area contributed by atoms with Gasteiger partial charge in [-0.3, -0.25) is 4.79 Å². The zero-order valence-corrected chi connectivity index (χ0v) is 9.13. The van der Waals surface area contributed by atoms with Crippen molar-refractivity contribution in [3.63, 3.8) is 0 Å².